The molecule has 0 radical (unpaired) electrons. The average molecular weight is 174 g/mol. The lowest BCUT2D eigenvalue weighted by molar-refractivity contribution is -0.133. The zero-order chi connectivity index (χ0) is 9.56. The van der Waals surface area contributed by atoms with Crippen LogP contribution in [-0.2, 0) is 9.53 Å². The van der Waals surface area contributed by atoms with Gasteiger partial charge in [-0.05, 0) is 20.3 Å². The summed E-state index contributed by atoms with van der Waals surface area (Å²) in [5, 5.41) is 9.20. The highest BCUT2D eigenvalue weighted by molar-refractivity contribution is 5.83. The fraction of sp³-hybridized carbons (Fsp3) is 0.889. The summed E-state index contributed by atoms with van der Waals surface area (Å²) in [5.41, 5.74) is 0. The lowest BCUT2D eigenvalue weighted by Gasteiger charge is -2.10. The fourth-order valence-corrected chi connectivity index (χ4v) is 0.779. The summed E-state index contributed by atoms with van der Waals surface area (Å²) in [6, 6.07) is 0. The van der Waals surface area contributed by atoms with Gasteiger partial charge in [0.25, 0.3) is 0 Å². The minimum Gasteiger partial charge on any atom is -0.385 e. The van der Waals surface area contributed by atoms with Crippen LogP contribution in [0.2, 0.25) is 0 Å². The first kappa shape index (κ1) is 11.6. The Morgan fingerprint density at radius 2 is 2.08 bits per heavy atom. The van der Waals surface area contributed by atoms with E-state index in [1.165, 1.54) is 0 Å². The summed E-state index contributed by atoms with van der Waals surface area (Å²) >= 11 is 0. The molecular weight excluding hydrogens is 156 g/mol. The van der Waals surface area contributed by atoms with Gasteiger partial charge in [0.1, 0.15) is 12.7 Å². The van der Waals surface area contributed by atoms with Gasteiger partial charge in [0, 0.05) is 0 Å². The van der Waals surface area contributed by atoms with Gasteiger partial charge in [-0.3, -0.25) is 4.79 Å². The Morgan fingerprint density at radius 3 is 2.50 bits per heavy atom. The lowest BCUT2D eigenvalue weighted by Crippen LogP contribution is -2.26. The van der Waals surface area contributed by atoms with E-state index in [9.17, 15) is 9.90 Å². The van der Waals surface area contributed by atoms with Gasteiger partial charge in [0.05, 0.1) is 6.10 Å². The molecule has 0 aliphatic rings. The first-order valence-electron chi connectivity index (χ1n) is 4.40. The molecule has 0 heterocycles. The number of hydrogen-bond acceptors (Lipinski definition) is 3. The second kappa shape index (κ2) is 6.14. The maximum absolute atomic E-state index is 11.1. The molecule has 1 atom stereocenters. The highest BCUT2D eigenvalue weighted by Crippen LogP contribution is 1.99. The normalized spacial score (nSPS) is 13.4. The number of aliphatic hydroxyl groups excluding tert-OH is 1. The van der Waals surface area contributed by atoms with Crippen LogP contribution >= 0.6 is 0 Å². The van der Waals surface area contributed by atoms with E-state index < -0.39 is 6.10 Å². The third-order valence-electron chi connectivity index (χ3n) is 1.49. The third kappa shape index (κ3) is 5.27. The zero-order valence-electron chi connectivity index (χ0n) is 8.04. The predicted octanol–water partition coefficient (Wildman–Crippen LogP) is 1.14. The van der Waals surface area contributed by atoms with Crippen molar-refractivity contribution in [1.29, 1.82) is 0 Å². The van der Waals surface area contributed by atoms with Gasteiger partial charge in [0.2, 0.25) is 0 Å². The van der Waals surface area contributed by atoms with Crippen LogP contribution in [0, 0.1) is 0 Å². The SMILES string of the molecule is CCCC(O)C(=O)COC(C)C. The summed E-state index contributed by atoms with van der Waals surface area (Å²) in [4.78, 5) is 11.1. The minimum atomic E-state index is -0.839. The topological polar surface area (TPSA) is 46.5 Å². The first-order chi connectivity index (χ1) is 5.57. The molecule has 0 aliphatic carbocycles. The van der Waals surface area contributed by atoms with Crippen molar-refractivity contribution in [3.05, 3.63) is 0 Å². The zero-order valence-corrected chi connectivity index (χ0v) is 8.04. The average Bonchev–Trinajstić information content (AvgIpc) is 2.00. The van der Waals surface area contributed by atoms with Gasteiger partial charge in [-0.15, -0.1) is 0 Å². The van der Waals surface area contributed by atoms with Gasteiger partial charge in [-0.25, -0.2) is 0 Å². The number of ketones is 1. The molecule has 0 saturated carbocycles. The smallest absolute Gasteiger partial charge is 0.186 e. The van der Waals surface area contributed by atoms with Gasteiger partial charge >= 0.3 is 0 Å². The van der Waals surface area contributed by atoms with E-state index in [1.807, 2.05) is 20.8 Å². The van der Waals surface area contributed by atoms with Crippen molar-refractivity contribution in [2.45, 2.75) is 45.8 Å². The van der Waals surface area contributed by atoms with Crippen LogP contribution in [0.15, 0.2) is 0 Å². The monoisotopic (exact) mass is 174 g/mol. The van der Waals surface area contributed by atoms with Crippen molar-refractivity contribution >= 4 is 5.78 Å². The highest BCUT2D eigenvalue weighted by atomic mass is 16.5. The van der Waals surface area contributed by atoms with E-state index in [1.54, 1.807) is 0 Å². The van der Waals surface area contributed by atoms with Crippen LogP contribution in [0.4, 0.5) is 0 Å². The largest absolute Gasteiger partial charge is 0.385 e. The molecule has 3 heteroatoms. The summed E-state index contributed by atoms with van der Waals surface area (Å²) in [7, 11) is 0. The van der Waals surface area contributed by atoms with E-state index in [2.05, 4.69) is 0 Å². The Hall–Kier alpha value is -0.410. The lowest BCUT2D eigenvalue weighted by atomic mass is 10.1. The minimum absolute atomic E-state index is 0.0266. The molecular formula is C9H18O3. The Morgan fingerprint density at radius 1 is 1.50 bits per heavy atom. The Balaban J connectivity index is 3.57. The number of Topliss-reactive ketones (excluding diaryl/α,β-unsaturated/α-hetero) is 1. The number of carbonyl (C=O) groups is 1. The van der Waals surface area contributed by atoms with Crippen molar-refractivity contribution in [2.24, 2.45) is 0 Å². The molecule has 0 amide bonds. The first-order valence-corrected chi connectivity index (χ1v) is 4.40. The van der Waals surface area contributed by atoms with Gasteiger partial charge in [-0.1, -0.05) is 13.3 Å². The molecule has 0 bridgehead atoms. The predicted molar refractivity (Wildman–Crippen MR) is 47.0 cm³/mol. The Labute approximate surface area is 73.7 Å². The van der Waals surface area contributed by atoms with Crippen molar-refractivity contribution in [3.8, 4) is 0 Å². The number of aliphatic hydroxyl groups is 1. The molecule has 1 N–H and O–H groups in total. The molecule has 0 aromatic carbocycles. The van der Waals surface area contributed by atoms with E-state index in [0.717, 1.165) is 6.42 Å². The third-order valence-corrected chi connectivity index (χ3v) is 1.49. The summed E-state index contributed by atoms with van der Waals surface area (Å²) in [6.07, 6.45) is 0.547. The second-order valence-electron chi connectivity index (χ2n) is 3.13. The molecule has 0 spiro atoms. The molecule has 0 aromatic rings. The van der Waals surface area contributed by atoms with Gasteiger partial charge < -0.3 is 9.84 Å². The number of ether oxygens (including phenoxy) is 1. The molecule has 72 valence electrons. The van der Waals surface area contributed by atoms with E-state index in [4.69, 9.17) is 4.74 Å². The van der Waals surface area contributed by atoms with Crippen molar-refractivity contribution in [3.63, 3.8) is 0 Å². The van der Waals surface area contributed by atoms with Crippen LogP contribution in [0.1, 0.15) is 33.6 Å². The Bertz CT molecular complexity index is 132. The molecule has 0 aromatic heterocycles. The van der Waals surface area contributed by atoms with Crippen LogP contribution in [-0.4, -0.2) is 29.7 Å². The van der Waals surface area contributed by atoms with Crippen LogP contribution in [0.5, 0.6) is 0 Å². The van der Waals surface area contributed by atoms with Crippen LogP contribution < -0.4 is 0 Å². The van der Waals surface area contributed by atoms with Crippen molar-refractivity contribution in [1.82, 2.24) is 0 Å². The summed E-state index contributed by atoms with van der Waals surface area (Å²) < 4.78 is 5.06. The molecule has 1 unspecified atom stereocenters. The molecule has 3 nitrogen and oxygen atoms in total. The van der Waals surface area contributed by atoms with Crippen molar-refractivity contribution < 1.29 is 14.6 Å². The Kier molecular flexibility index (Phi) is 5.93. The van der Waals surface area contributed by atoms with E-state index >= 15 is 0 Å². The van der Waals surface area contributed by atoms with Crippen LogP contribution in [0.25, 0.3) is 0 Å². The number of rotatable bonds is 6. The molecule has 0 rings (SSSR count). The highest BCUT2D eigenvalue weighted by Gasteiger charge is 2.13. The van der Waals surface area contributed by atoms with E-state index in [0.29, 0.717) is 6.42 Å². The summed E-state index contributed by atoms with van der Waals surface area (Å²) in [5.74, 6) is -0.217. The standard InChI is InChI=1S/C9H18O3/c1-4-5-8(10)9(11)6-12-7(2)3/h7-8,10H,4-6H2,1-3H3. The van der Waals surface area contributed by atoms with E-state index in [-0.39, 0.29) is 18.5 Å². The molecule has 12 heavy (non-hydrogen) atoms. The molecule has 0 saturated heterocycles. The van der Waals surface area contributed by atoms with Crippen molar-refractivity contribution in [2.75, 3.05) is 6.61 Å². The van der Waals surface area contributed by atoms with Crippen LogP contribution in [0.3, 0.4) is 0 Å². The second-order valence-corrected chi connectivity index (χ2v) is 3.13. The van der Waals surface area contributed by atoms with Gasteiger partial charge in [-0.2, -0.15) is 0 Å². The van der Waals surface area contributed by atoms with Gasteiger partial charge in [0.15, 0.2) is 5.78 Å². The quantitative estimate of drug-likeness (QED) is 0.657. The molecule has 0 aliphatic heterocycles. The maximum Gasteiger partial charge on any atom is 0.186 e. The summed E-state index contributed by atoms with van der Waals surface area (Å²) in [6.45, 7) is 5.68. The fourth-order valence-electron chi connectivity index (χ4n) is 0.779. The molecule has 0 fully saturated rings. The maximum atomic E-state index is 11.1. The number of hydrogen-bond donors (Lipinski definition) is 1. The number of carbonyl (C=O) groups excluding carboxylic acids is 1.